The number of amides is 1. The number of aliphatic hydroxyl groups excluding tert-OH is 1. The van der Waals surface area contributed by atoms with Gasteiger partial charge >= 0.3 is 0 Å². The highest BCUT2D eigenvalue weighted by Gasteiger charge is 2.14. The van der Waals surface area contributed by atoms with Gasteiger partial charge in [0.2, 0.25) is 6.41 Å². The average Bonchev–Trinajstić information content (AvgIpc) is 2.58. The van der Waals surface area contributed by atoms with Crippen LogP contribution in [0.3, 0.4) is 0 Å². The van der Waals surface area contributed by atoms with Crippen molar-refractivity contribution in [3.05, 3.63) is 59.7 Å². The van der Waals surface area contributed by atoms with Gasteiger partial charge in [0.15, 0.2) is 6.29 Å². The summed E-state index contributed by atoms with van der Waals surface area (Å²) in [7, 11) is 0. The van der Waals surface area contributed by atoms with E-state index in [2.05, 4.69) is 0 Å². The lowest BCUT2D eigenvalue weighted by Crippen LogP contribution is -2.30. The summed E-state index contributed by atoms with van der Waals surface area (Å²) >= 11 is 0. The molecule has 23 heavy (non-hydrogen) atoms. The van der Waals surface area contributed by atoms with E-state index in [9.17, 15) is 14.7 Å². The Hall–Kier alpha value is -2.66. The normalized spacial score (nSPS) is 11.6. The molecule has 0 aliphatic rings. The van der Waals surface area contributed by atoms with Crippen LogP contribution in [0.4, 0.5) is 5.69 Å². The average molecular weight is 313 g/mol. The monoisotopic (exact) mass is 313 g/mol. The minimum absolute atomic E-state index is 0.104. The Bertz CT molecular complexity index is 655. The molecule has 0 fully saturated rings. The molecule has 0 radical (unpaired) electrons. The molecule has 0 aliphatic carbocycles. The molecule has 0 saturated carbocycles. The van der Waals surface area contributed by atoms with Crippen molar-refractivity contribution in [2.24, 2.45) is 0 Å². The van der Waals surface area contributed by atoms with Crippen LogP contribution >= 0.6 is 0 Å². The number of anilines is 1. The summed E-state index contributed by atoms with van der Waals surface area (Å²) in [4.78, 5) is 23.7. The number of aliphatic hydroxyl groups is 1. The van der Waals surface area contributed by atoms with Gasteiger partial charge in [-0.3, -0.25) is 9.59 Å². The maximum atomic E-state index is 11.3. The van der Waals surface area contributed by atoms with Crippen molar-refractivity contribution >= 4 is 18.4 Å². The second kappa shape index (κ2) is 8.10. The van der Waals surface area contributed by atoms with Gasteiger partial charge in [0.1, 0.15) is 12.4 Å². The molecular formula is C18H19NO4. The number of hydrogen-bond donors (Lipinski definition) is 1. The van der Waals surface area contributed by atoms with E-state index in [1.807, 2.05) is 30.3 Å². The summed E-state index contributed by atoms with van der Waals surface area (Å²) in [5, 5.41) is 9.48. The van der Waals surface area contributed by atoms with Crippen molar-refractivity contribution in [2.75, 3.05) is 11.4 Å². The first-order valence-corrected chi connectivity index (χ1v) is 7.30. The summed E-state index contributed by atoms with van der Waals surface area (Å²) < 4.78 is 5.71. The number of aldehydes is 1. The van der Waals surface area contributed by atoms with Crippen LogP contribution in [0.1, 0.15) is 22.8 Å². The topological polar surface area (TPSA) is 66.8 Å². The molecule has 0 saturated heterocycles. The van der Waals surface area contributed by atoms with E-state index in [0.29, 0.717) is 36.3 Å². The highest BCUT2D eigenvalue weighted by molar-refractivity contribution is 5.90. The van der Waals surface area contributed by atoms with Gasteiger partial charge in [-0.2, -0.15) is 0 Å². The molecule has 2 aromatic rings. The third kappa shape index (κ3) is 4.66. The standard InChI is InChI=1S/C18H19NO4/c1-14(22)10-19(13-21)18-9-17(8-7-16(18)11-20)23-12-15-5-3-2-4-6-15/h2-9,11,13-14,22H,10,12H2,1H3/t14-/m0/s1. The first-order valence-electron chi connectivity index (χ1n) is 7.30. The number of carbonyl (C=O) groups is 2. The molecule has 120 valence electrons. The Balaban J connectivity index is 2.20. The molecule has 1 amide bonds. The molecule has 1 atom stereocenters. The fourth-order valence-electron chi connectivity index (χ4n) is 2.19. The maximum absolute atomic E-state index is 11.3. The van der Waals surface area contributed by atoms with Gasteiger partial charge in [-0.05, 0) is 24.6 Å². The summed E-state index contributed by atoms with van der Waals surface area (Å²) in [5.41, 5.74) is 1.80. The Morgan fingerprint density at radius 1 is 1.17 bits per heavy atom. The van der Waals surface area contributed by atoms with Crippen molar-refractivity contribution in [3.8, 4) is 5.75 Å². The molecule has 2 rings (SSSR count). The lowest BCUT2D eigenvalue weighted by molar-refractivity contribution is -0.107. The Labute approximate surface area is 135 Å². The largest absolute Gasteiger partial charge is 0.489 e. The van der Waals surface area contributed by atoms with E-state index in [-0.39, 0.29) is 6.54 Å². The van der Waals surface area contributed by atoms with E-state index in [1.165, 1.54) is 4.90 Å². The Morgan fingerprint density at radius 2 is 1.91 bits per heavy atom. The second-order valence-electron chi connectivity index (χ2n) is 5.22. The quantitative estimate of drug-likeness (QED) is 0.760. The molecule has 1 N–H and O–H groups in total. The fraction of sp³-hybridized carbons (Fsp3) is 0.222. The minimum Gasteiger partial charge on any atom is -0.489 e. The predicted molar refractivity (Wildman–Crippen MR) is 87.7 cm³/mol. The smallest absolute Gasteiger partial charge is 0.214 e. The van der Waals surface area contributed by atoms with E-state index in [4.69, 9.17) is 4.74 Å². The summed E-state index contributed by atoms with van der Waals surface area (Å²) in [5.74, 6) is 0.548. The number of ether oxygens (including phenoxy) is 1. The molecule has 0 spiro atoms. The zero-order chi connectivity index (χ0) is 16.7. The molecule has 5 heteroatoms. The van der Waals surface area contributed by atoms with Crippen molar-refractivity contribution in [1.82, 2.24) is 0 Å². The second-order valence-corrected chi connectivity index (χ2v) is 5.22. The Morgan fingerprint density at radius 3 is 2.52 bits per heavy atom. The highest BCUT2D eigenvalue weighted by atomic mass is 16.5. The maximum Gasteiger partial charge on any atom is 0.214 e. The Kier molecular flexibility index (Phi) is 5.88. The van der Waals surface area contributed by atoms with Crippen LogP contribution < -0.4 is 9.64 Å². The SMILES string of the molecule is C[C@H](O)CN(C=O)c1cc(OCc2ccccc2)ccc1C=O. The van der Waals surface area contributed by atoms with Crippen LogP contribution in [0.2, 0.25) is 0 Å². The molecule has 0 heterocycles. The van der Waals surface area contributed by atoms with Gasteiger partial charge < -0.3 is 14.7 Å². The molecule has 0 unspecified atom stereocenters. The van der Waals surface area contributed by atoms with Gasteiger partial charge in [-0.25, -0.2) is 0 Å². The zero-order valence-electron chi connectivity index (χ0n) is 12.9. The highest BCUT2D eigenvalue weighted by Crippen LogP contribution is 2.25. The van der Waals surface area contributed by atoms with Gasteiger partial charge in [0.05, 0.1) is 18.3 Å². The third-order valence-electron chi connectivity index (χ3n) is 3.27. The zero-order valence-corrected chi connectivity index (χ0v) is 12.9. The lowest BCUT2D eigenvalue weighted by Gasteiger charge is -2.21. The van der Waals surface area contributed by atoms with E-state index < -0.39 is 6.10 Å². The molecular weight excluding hydrogens is 294 g/mol. The molecule has 0 bridgehead atoms. The minimum atomic E-state index is -0.700. The van der Waals surface area contributed by atoms with Crippen LogP contribution in [0.15, 0.2) is 48.5 Å². The van der Waals surface area contributed by atoms with Gasteiger partial charge in [0.25, 0.3) is 0 Å². The van der Waals surface area contributed by atoms with Crippen molar-refractivity contribution < 1.29 is 19.4 Å². The third-order valence-corrected chi connectivity index (χ3v) is 3.27. The predicted octanol–water partition coefficient (Wildman–Crippen LogP) is 2.42. The van der Waals surface area contributed by atoms with Crippen molar-refractivity contribution in [2.45, 2.75) is 19.6 Å². The van der Waals surface area contributed by atoms with Crippen LogP contribution in [0.25, 0.3) is 0 Å². The first kappa shape index (κ1) is 16.7. The summed E-state index contributed by atoms with van der Waals surface area (Å²) in [6.07, 6.45) is 0.568. The van der Waals surface area contributed by atoms with Crippen LogP contribution in [-0.4, -0.2) is 30.5 Å². The van der Waals surface area contributed by atoms with E-state index >= 15 is 0 Å². The van der Waals surface area contributed by atoms with E-state index in [1.54, 1.807) is 25.1 Å². The lowest BCUT2D eigenvalue weighted by atomic mass is 10.1. The van der Waals surface area contributed by atoms with Gasteiger partial charge in [-0.1, -0.05) is 30.3 Å². The van der Waals surface area contributed by atoms with E-state index in [0.717, 1.165) is 5.56 Å². The molecule has 2 aromatic carbocycles. The molecule has 5 nitrogen and oxygen atoms in total. The fourth-order valence-corrected chi connectivity index (χ4v) is 2.19. The summed E-state index contributed by atoms with van der Waals surface area (Å²) in [6, 6.07) is 14.6. The first-order chi connectivity index (χ1) is 11.1. The van der Waals surface area contributed by atoms with Crippen molar-refractivity contribution in [3.63, 3.8) is 0 Å². The van der Waals surface area contributed by atoms with Gasteiger partial charge in [0, 0.05) is 11.6 Å². The number of carbonyl (C=O) groups excluding carboxylic acids is 2. The van der Waals surface area contributed by atoms with Crippen LogP contribution in [0.5, 0.6) is 5.75 Å². The van der Waals surface area contributed by atoms with Crippen LogP contribution in [0, 0.1) is 0 Å². The summed E-state index contributed by atoms with van der Waals surface area (Å²) in [6.45, 7) is 2.07. The molecule has 0 aliphatic heterocycles. The number of hydrogen-bond acceptors (Lipinski definition) is 4. The number of rotatable bonds is 8. The molecule has 0 aromatic heterocycles. The van der Waals surface area contributed by atoms with Gasteiger partial charge in [-0.15, -0.1) is 0 Å². The van der Waals surface area contributed by atoms with Crippen LogP contribution in [-0.2, 0) is 11.4 Å². The van der Waals surface area contributed by atoms with Crippen molar-refractivity contribution in [1.29, 1.82) is 0 Å². The number of nitrogens with zero attached hydrogens (tertiary/aromatic N) is 1. The number of benzene rings is 2.